The van der Waals surface area contributed by atoms with Crippen LogP contribution in [0, 0.1) is 17.0 Å². The molecular formula is C20H26BN3O4. The second kappa shape index (κ2) is 7.18. The fraction of sp³-hybridized carbons (Fsp3) is 0.450. The number of hydrogen-bond acceptors (Lipinski definition) is 6. The first-order valence-electron chi connectivity index (χ1n) is 9.34. The summed E-state index contributed by atoms with van der Waals surface area (Å²) in [6.07, 6.45) is 1.57. The van der Waals surface area contributed by atoms with Gasteiger partial charge in [-0.2, -0.15) is 0 Å². The standard InChI is InChI=1S/C20H26BN3O4/c1-13-11-12-22-18(17(13)24(25)26)23-14(2)15-7-9-16(10-8-15)21-27-19(3,4)20(5,6)28-21/h7-12,14H,1-6H3,(H,22,23). The van der Waals surface area contributed by atoms with E-state index >= 15 is 0 Å². The van der Waals surface area contributed by atoms with Gasteiger partial charge in [-0.05, 0) is 58.6 Å². The monoisotopic (exact) mass is 383 g/mol. The van der Waals surface area contributed by atoms with Crippen LogP contribution in [0.3, 0.4) is 0 Å². The Morgan fingerprint density at radius 3 is 2.21 bits per heavy atom. The number of nitro groups is 1. The van der Waals surface area contributed by atoms with Gasteiger partial charge in [0.15, 0.2) is 0 Å². The molecule has 2 aromatic rings. The minimum atomic E-state index is -0.415. The van der Waals surface area contributed by atoms with E-state index in [0.29, 0.717) is 5.56 Å². The number of benzene rings is 1. The molecule has 1 fully saturated rings. The molecule has 1 saturated heterocycles. The van der Waals surface area contributed by atoms with Gasteiger partial charge in [-0.3, -0.25) is 10.1 Å². The van der Waals surface area contributed by atoms with Crippen LogP contribution in [0.5, 0.6) is 0 Å². The summed E-state index contributed by atoms with van der Waals surface area (Å²) in [5.74, 6) is 0.271. The minimum Gasteiger partial charge on any atom is -0.399 e. The maximum absolute atomic E-state index is 11.4. The predicted molar refractivity (Wildman–Crippen MR) is 110 cm³/mol. The zero-order chi connectivity index (χ0) is 20.7. The Hall–Kier alpha value is -2.45. The summed E-state index contributed by atoms with van der Waals surface area (Å²) in [5, 5.41) is 14.5. The summed E-state index contributed by atoms with van der Waals surface area (Å²) < 4.78 is 12.2. The Morgan fingerprint density at radius 1 is 1.11 bits per heavy atom. The highest BCUT2D eigenvalue weighted by Gasteiger charge is 2.51. The minimum absolute atomic E-state index is 0.00295. The normalized spacial score (nSPS) is 18.7. The van der Waals surface area contributed by atoms with Crippen LogP contribution < -0.4 is 10.8 Å². The molecule has 1 aromatic carbocycles. The number of hydrogen-bond donors (Lipinski definition) is 1. The van der Waals surface area contributed by atoms with Crippen LogP contribution in [-0.4, -0.2) is 28.2 Å². The molecule has 148 valence electrons. The van der Waals surface area contributed by atoms with Crippen molar-refractivity contribution >= 4 is 24.1 Å². The number of anilines is 1. The van der Waals surface area contributed by atoms with Crippen molar-refractivity contribution in [3.63, 3.8) is 0 Å². The van der Waals surface area contributed by atoms with E-state index in [0.717, 1.165) is 11.0 Å². The highest BCUT2D eigenvalue weighted by atomic mass is 16.7. The molecule has 3 rings (SSSR count). The molecule has 1 aromatic heterocycles. The molecule has 1 unspecified atom stereocenters. The summed E-state index contributed by atoms with van der Waals surface area (Å²) in [6.45, 7) is 11.7. The zero-order valence-corrected chi connectivity index (χ0v) is 17.1. The van der Waals surface area contributed by atoms with Gasteiger partial charge in [0.1, 0.15) is 0 Å². The molecular weight excluding hydrogens is 357 g/mol. The molecule has 8 heteroatoms. The van der Waals surface area contributed by atoms with E-state index in [1.807, 2.05) is 58.9 Å². The van der Waals surface area contributed by atoms with Gasteiger partial charge >= 0.3 is 12.8 Å². The van der Waals surface area contributed by atoms with E-state index in [1.165, 1.54) is 0 Å². The molecule has 0 radical (unpaired) electrons. The third-order valence-electron chi connectivity index (χ3n) is 5.62. The van der Waals surface area contributed by atoms with Crippen molar-refractivity contribution in [2.75, 3.05) is 5.32 Å². The van der Waals surface area contributed by atoms with Crippen LogP contribution in [-0.2, 0) is 9.31 Å². The molecule has 2 heterocycles. The SMILES string of the molecule is Cc1ccnc(NC(C)c2ccc(B3OC(C)(C)C(C)(C)O3)cc2)c1[N+](=O)[O-]. The molecule has 0 amide bonds. The summed E-state index contributed by atoms with van der Waals surface area (Å²) in [6, 6.07) is 9.36. The van der Waals surface area contributed by atoms with E-state index in [2.05, 4.69) is 10.3 Å². The average molecular weight is 383 g/mol. The fourth-order valence-corrected chi connectivity index (χ4v) is 3.10. The molecule has 1 N–H and O–H groups in total. The van der Waals surface area contributed by atoms with Crippen molar-refractivity contribution in [3.8, 4) is 0 Å². The summed E-state index contributed by atoms with van der Waals surface area (Å²) in [5.41, 5.74) is 1.73. The van der Waals surface area contributed by atoms with Gasteiger partial charge in [0.05, 0.1) is 22.2 Å². The molecule has 1 aliphatic rings. The maximum atomic E-state index is 11.4. The second-order valence-electron chi connectivity index (χ2n) is 8.20. The van der Waals surface area contributed by atoms with Crippen molar-refractivity contribution in [2.45, 2.75) is 58.8 Å². The van der Waals surface area contributed by atoms with Crippen molar-refractivity contribution in [1.82, 2.24) is 4.98 Å². The van der Waals surface area contributed by atoms with Crippen molar-refractivity contribution < 1.29 is 14.2 Å². The Bertz CT molecular complexity index is 868. The van der Waals surface area contributed by atoms with Gasteiger partial charge in [-0.25, -0.2) is 4.98 Å². The smallest absolute Gasteiger partial charge is 0.399 e. The number of pyridine rings is 1. The van der Waals surface area contributed by atoms with Crippen molar-refractivity contribution in [2.24, 2.45) is 0 Å². The lowest BCUT2D eigenvalue weighted by molar-refractivity contribution is -0.384. The maximum Gasteiger partial charge on any atom is 0.494 e. The lowest BCUT2D eigenvalue weighted by Crippen LogP contribution is -2.41. The molecule has 0 spiro atoms. The lowest BCUT2D eigenvalue weighted by atomic mass is 9.78. The largest absolute Gasteiger partial charge is 0.494 e. The van der Waals surface area contributed by atoms with Crippen LogP contribution in [0.25, 0.3) is 0 Å². The summed E-state index contributed by atoms with van der Waals surface area (Å²) >= 11 is 0. The van der Waals surface area contributed by atoms with Crippen LogP contribution in [0.15, 0.2) is 36.5 Å². The third-order valence-corrected chi connectivity index (χ3v) is 5.62. The number of nitrogens with zero attached hydrogens (tertiary/aromatic N) is 2. The number of nitrogens with one attached hydrogen (secondary N) is 1. The van der Waals surface area contributed by atoms with Gasteiger partial charge in [0.25, 0.3) is 0 Å². The molecule has 1 atom stereocenters. The molecule has 28 heavy (non-hydrogen) atoms. The Kier molecular flexibility index (Phi) is 5.21. The number of aryl methyl sites for hydroxylation is 1. The van der Waals surface area contributed by atoms with Gasteiger partial charge < -0.3 is 14.6 Å². The van der Waals surface area contributed by atoms with E-state index in [9.17, 15) is 10.1 Å². The van der Waals surface area contributed by atoms with Gasteiger partial charge in [-0.1, -0.05) is 24.3 Å². The Labute approximate surface area is 165 Å². The molecule has 0 aliphatic carbocycles. The predicted octanol–water partition coefficient (Wildman–Crippen LogP) is 3.77. The zero-order valence-electron chi connectivity index (χ0n) is 17.1. The number of rotatable bonds is 5. The van der Waals surface area contributed by atoms with Crippen molar-refractivity contribution in [3.05, 3.63) is 57.8 Å². The topological polar surface area (TPSA) is 86.5 Å². The molecule has 7 nitrogen and oxygen atoms in total. The first-order valence-corrected chi connectivity index (χ1v) is 9.34. The fourth-order valence-electron chi connectivity index (χ4n) is 3.10. The van der Waals surface area contributed by atoms with Crippen molar-refractivity contribution in [1.29, 1.82) is 0 Å². The van der Waals surface area contributed by atoms with Crippen LogP contribution in [0.1, 0.15) is 51.8 Å². The van der Waals surface area contributed by atoms with Crippen LogP contribution >= 0.6 is 0 Å². The summed E-state index contributed by atoms with van der Waals surface area (Å²) in [7, 11) is -0.415. The van der Waals surface area contributed by atoms with Crippen LogP contribution in [0.4, 0.5) is 11.5 Å². The van der Waals surface area contributed by atoms with Gasteiger partial charge in [-0.15, -0.1) is 0 Å². The quantitative estimate of drug-likeness (QED) is 0.481. The second-order valence-corrected chi connectivity index (χ2v) is 8.20. The summed E-state index contributed by atoms with van der Waals surface area (Å²) in [4.78, 5) is 15.1. The average Bonchev–Trinajstić information content (AvgIpc) is 2.82. The first kappa shape index (κ1) is 20.3. The molecule has 0 bridgehead atoms. The number of aromatic nitrogens is 1. The Balaban J connectivity index is 1.76. The Morgan fingerprint density at radius 2 is 1.68 bits per heavy atom. The third kappa shape index (κ3) is 3.75. The lowest BCUT2D eigenvalue weighted by Gasteiger charge is -2.32. The first-order chi connectivity index (χ1) is 13.0. The van der Waals surface area contributed by atoms with E-state index < -0.39 is 12.0 Å². The highest BCUT2D eigenvalue weighted by Crippen LogP contribution is 2.36. The van der Waals surface area contributed by atoms with Crippen LogP contribution in [0.2, 0.25) is 0 Å². The highest BCUT2D eigenvalue weighted by molar-refractivity contribution is 6.62. The van der Waals surface area contributed by atoms with Gasteiger partial charge in [0, 0.05) is 11.8 Å². The van der Waals surface area contributed by atoms with E-state index in [4.69, 9.17) is 9.31 Å². The molecule has 1 aliphatic heterocycles. The van der Waals surface area contributed by atoms with E-state index in [-0.39, 0.29) is 28.7 Å². The van der Waals surface area contributed by atoms with E-state index in [1.54, 1.807) is 19.2 Å². The molecule has 0 saturated carbocycles. The van der Waals surface area contributed by atoms with Gasteiger partial charge in [0.2, 0.25) is 5.82 Å².